The van der Waals surface area contributed by atoms with E-state index in [0.717, 1.165) is 50.8 Å². The number of halogens is 1. The second-order valence-corrected chi connectivity index (χ2v) is 8.18. The Labute approximate surface area is 222 Å². The molecular weight excluding hydrogens is 547 g/mol. The predicted molar refractivity (Wildman–Crippen MR) is 138 cm³/mol. The first-order chi connectivity index (χ1) is 16.6. The smallest absolute Gasteiger partial charge is 0.323 e. The predicted octanol–water partition coefficient (Wildman–Crippen LogP) is 2.22. The van der Waals surface area contributed by atoms with Gasteiger partial charge >= 0.3 is 5.65 Å². The number of benzene rings is 2. The van der Waals surface area contributed by atoms with E-state index in [1.54, 1.807) is 0 Å². The molecule has 0 aliphatic carbocycles. The Morgan fingerprint density at radius 3 is 2.26 bits per heavy atom. The van der Waals surface area contributed by atoms with Crippen molar-refractivity contribution < 1.29 is 28.5 Å². The van der Waals surface area contributed by atoms with Gasteiger partial charge in [0.15, 0.2) is 5.52 Å². The molecule has 6 nitrogen and oxygen atoms in total. The summed E-state index contributed by atoms with van der Waals surface area (Å²) in [5, 5.41) is 4.78. The molecule has 0 saturated carbocycles. The Morgan fingerprint density at radius 2 is 1.57 bits per heavy atom. The van der Waals surface area contributed by atoms with Gasteiger partial charge in [0.25, 0.3) is 5.65 Å². The highest BCUT2D eigenvalue weighted by Crippen LogP contribution is 2.22. The number of nitrogens with zero attached hydrogens (tertiary/aromatic N) is 6. The van der Waals surface area contributed by atoms with Gasteiger partial charge in [-0.2, -0.15) is 5.10 Å². The zero-order chi connectivity index (χ0) is 23.7. The highest BCUT2D eigenvalue weighted by Gasteiger charge is 2.24. The van der Waals surface area contributed by atoms with Crippen molar-refractivity contribution in [2.45, 2.75) is 26.9 Å². The van der Waals surface area contributed by atoms with Crippen molar-refractivity contribution in [3.63, 3.8) is 0 Å². The average Bonchev–Trinajstić information content (AvgIpc) is 3.30. The van der Waals surface area contributed by atoms with Gasteiger partial charge in [-0.25, -0.2) is 18.8 Å². The zero-order valence-electron chi connectivity index (χ0n) is 19.9. The van der Waals surface area contributed by atoms with Gasteiger partial charge in [-0.1, -0.05) is 60.6 Å². The number of allylic oxidation sites excluding steroid dienone is 2. The summed E-state index contributed by atoms with van der Waals surface area (Å²) in [4.78, 5) is 9.88. The lowest BCUT2D eigenvalue weighted by molar-refractivity contribution is -0.665. The highest BCUT2D eigenvalue weighted by atomic mass is 127. The molecule has 176 valence electrons. The molecule has 0 bridgehead atoms. The Bertz CT molecular complexity index is 1490. The molecular formula is C28H27IN6. The number of hydrogen-bond donors (Lipinski definition) is 0. The Hall–Kier alpha value is -3.59. The van der Waals surface area contributed by atoms with Crippen molar-refractivity contribution in [2.75, 3.05) is 0 Å². The number of fused-ring (bicyclic) bond motifs is 2. The van der Waals surface area contributed by atoms with Crippen molar-refractivity contribution in [3.05, 3.63) is 103 Å². The molecule has 0 unspecified atom stereocenters. The number of rotatable bonds is 7. The van der Waals surface area contributed by atoms with Crippen LogP contribution in [0.3, 0.4) is 0 Å². The van der Waals surface area contributed by atoms with E-state index in [2.05, 4.69) is 53.5 Å². The minimum Gasteiger partial charge on any atom is -1.00 e. The first kappa shape index (κ1) is 24.5. The molecule has 3 heterocycles. The number of aromatic nitrogens is 6. The van der Waals surface area contributed by atoms with Crippen LogP contribution in [0.2, 0.25) is 0 Å². The molecule has 0 atom stereocenters. The van der Waals surface area contributed by atoms with Gasteiger partial charge in [0.05, 0.1) is 24.5 Å². The van der Waals surface area contributed by atoms with Crippen LogP contribution in [0.5, 0.6) is 0 Å². The number of para-hydroxylation sites is 3. The summed E-state index contributed by atoms with van der Waals surface area (Å²) in [6.07, 6.45) is 8.02. The minimum atomic E-state index is 0. The fourth-order valence-electron chi connectivity index (χ4n) is 4.38. The highest BCUT2D eigenvalue weighted by molar-refractivity contribution is 5.82. The Balaban J connectivity index is 0.00000289. The molecule has 0 amide bonds. The largest absolute Gasteiger partial charge is 1.00 e. The van der Waals surface area contributed by atoms with Gasteiger partial charge in [-0.3, -0.25) is 0 Å². The average molecular weight is 574 g/mol. The van der Waals surface area contributed by atoms with Crippen LogP contribution >= 0.6 is 0 Å². The molecule has 0 spiro atoms. The van der Waals surface area contributed by atoms with Gasteiger partial charge < -0.3 is 24.0 Å². The molecule has 5 aromatic rings. The van der Waals surface area contributed by atoms with Crippen molar-refractivity contribution in [1.82, 2.24) is 24.3 Å². The van der Waals surface area contributed by atoms with Crippen molar-refractivity contribution in [1.29, 1.82) is 0 Å². The summed E-state index contributed by atoms with van der Waals surface area (Å²) < 4.78 is 6.28. The van der Waals surface area contributed by atoms with Crippen LogP contribution in [0.1, 0.15) is 22.8 Å². The lowest BCUT2D eigenvalue weighted by Gasteiger charge is -2.04. The topological polar surface area (TPSA) is 52.4 Å². The van der Waals surface area contributed by atoms with Gasteiger partial charge in [0.2, 0.25) is 5.82 Å². The molecule has 0 saturated heterocycles. The molecule has 7 heteroatoms. The van der Waals surface area contributed by atoms with E-state index in [1.165, 1.54) is 0 Å². The maximum Gasteiger partial charge on any atom is 0.323 e. The number of aryl methyl sites for hydroxylation is 1. The normalized spacial score (nSPS) is 11.3. The van der Waals surface area contributed by atoms with E-state index in [4.69, 9.17) is 15.1 Å². The van der Waals surface area contributed by atoms with Crippen LogP contribution in [0, 0.1) is 13.8 Å². The summed E-state index contributed by atoms with van der Waals surface area (Å²) in [6, 6.07) is 18.1. The van der Waals surface area contributed by atoms with Crippen LogP contribution in [-0.2, 0) is 13.1 Å². The van der Waals surface area contributed by atoms with E-state index in [9.17, 15) is 0 Å². The standard InChI is InChI=1S/C28H27N6.HI/c1-5-18-32-26(17-16-23-20(3)31-34(21(23)4)22-12-8-7-9-13-22)33(19-6-2)28-27(32)29-24-14-10-11-15-25(24)30-28;/h5-17H,1-2,18-19H2,3-4H3;1H/q+1;/p-1. The van der Waals surface area contributed by atoms with Crippen molar-refractivity contribution in [3.8, 4) is 5.69 Å². The Morgan fingerprint density at radius 1 is 0.886 bits per heavy atom. The minimum absolute atomic E-state index is 0. The summed E-state index contributed by atoms with van der Waals surface area (Å²) >= 11 is 0. The maximum absolute atomic E-state index is 4.94. The van der Waals surface area contributed by atoms with Gasteiger partial charge in [0, 0.05) is 17.3 Å². The molecule has 3 aromatic heterocycles. The van der Waals surface area contributed by atoms with Gasteiger partial charge in [-0.15, -0.1) is 0 Å². The van der Waals surface area contributed by atoms with Crippen LogP contribution < -0.4 is 28.5 Å². The summed E-state index contributed by atoms with van der Waals surface area (Å²) in [7, 11) is 0. The molecule has 0 fully saturated rings. The van der Waals surface area contributed by atoms with Gasteiger partial charge in [0.1, 0.15) is 5.52 Å². The summed E-state index contributed by atoms with van der Waals surface area (Å²) in [5.41, 5.74) is 7.59. The fraction of sp³-hybridized carbons (Fsp3) is 0.143. The van der Waals surface area contributed by atoms with Crippen LogP contribution in [0.15, 0.2) is 79.9 Å². The third-order valence-electron chi connectivity index (χ3n) is 5.97. The molecule has 0 aliphatic heterocycles. The summed E-state index contributed by atoms with van der Waals surface area (Å²) in [5.74, 6) is 0.983. The van der Waals surface area contributed by atoms with Gasteiger partial charge in [-0.05, 0) is 44.2 Å². The maximum atomic E-state index is 4.94. The quantitative estimate of drug-likeness (QED) is 0.170. The molecule has 2 aromatic carbocycles. The second-order valence-electron chi connectivity index (χ2n) is 8.18. The SMILES string of the molecule is C=CCn1c(C=Cc2c(C)nn(-c3ccccc3)c2C)[n+](CC=C)c2nc3ccccc3nc21.[I-]. The monoisotopic (exact) mass is 574 g/mol. The van der Waals surface area contributed by atoms with Crippen LogP contribution in [-0.4, -0.2) is 24.3 Å². The van der Waals surface area contributed by atoms with Crippen LogP contribution in [0.4, 0.5) is 0 Å². The van der Waals surface area contributed by atoms with E-state index in [1.807, 2.05) is 66.2 Å². The zero-order valence-corrected chi connectivity index (χ0v) is 22.1. The number of imidazole rings is 1. The third kappa shape index (κ3) is 4.43. The van der Waals surface area contributed by atoms with E-state index < -0.39 is 0 Å². The molecule has 0 aliphatic rings. The molecule has 0 N–H and O–H groups in total. The Kier molecular flexibility index (Phi) is 7.25. The lowest BCUT2D eigenvalue weighted by Crippen LogP contribution is -3.00. The summed E-state index contributed by atoms with van der Waals surface area (Å²) in [6.45, 7) is 13.3. The molecule has 0 radical (unpaired) electrons. The first-order valence-corrected chi connectivity index (χ1v) is 11.3. The lowest BCUT2D eigenvalue weighted by atomic mass is 10.2. The first-order valence-electron chi connectivity index (χ1n) is 11.3. The fourth-order valence-corrected chi connectivity index (χ4v) is 4.38. The van der Waals surface area contributed by atoms with Crippen molar-refractivity contribution >= 4 is 34.5 Å². The van der Waals surface area contributed by atoms with E-state index in [0.29, 0.717) is 13.1 Å². The third-order valence-corrected chi connectivity index (χ3v) is 5.97. The van der Waals surface area contributed by atoms with E-state index >= 15 is 0 Å². The number of hydrogen-bond acceptors (Lipinski definition) is 3. The molecule has 5 rings (SSSR count). The van der Waals surface area contributed by atoms with Crippen molar-refractivity contribution in [2.24, 2.45) is 0 Å². The van der Waals surface area contributed by atoms with Crippen LogP contribution in [0.25, 0.3) is 40.2 Å². The second kappa shape index (κ2) is 10.4. The van der Waals surface area contributed by atoms with E-state index in [-0.39, 0.29) is 24.0 Å². The molecule has 35 heavy (non-hydrogen) atoms.